The molecule has 88 valence electrons. The fourth-order valence-electron chi connectivity index (χ4n) is 2.24. The van der Waals surface area contributed by atoms with Gasteiger partial charge < -0.3 is 5.73 Å². The van der Waals surface area contributed by atoms with Crippen molar-refractivity contribution in [1.29, 1.82) is 0 Å². The van der Waals surface area contributed by atoms with Gasteiger partial charge in [0, 0.05) is 23.6 Å². The molecule has 1 saturated carbocycles. The number of rotatable bonds is 4. The maximum Gasteiger partial charge on any atom is 0.101 e. The van der Waals surface area contributed by atoms with Gasteiger partial charge >= 0.3 is 0 Å². The molecule has 1 aliphatic carbocycles. The molecule has 1 aromatic heterocycles. The molecule has 2 rings (SSSR count). The molecule has 1 fully saturated rings. The average Bonchev–Trinajstić information content (AvgIpc) is 2.79. The number of aromatic nitrogens is 1. The van der Waals surface area contributed by atoms with E-state index < -0.39 is 0 Å². The van der Waals surface area contributed by atoms with Crippen molar-refractivity contribution in [1.82, 2.24) is 4.98 Å². The Morgan fingerprint density at radius 2 is 2.25 bits per heavy atom. The largest absolute Gasteiger partial charge is 0.324 e. The molecule has 1 aliphatic rings. The van der Waals surface area contributed by atoms with E-state index in [1.54, 1.807) is 0 Å². The van der Waals surface area contributed by atoms with E-state index in [2.05, 4.69) is 11.1 Å². The molecule has 0 aromatic carbocycles. The highest BCUT2D eigenvalue weighted by Crippen LogP contribution is 2.32. The van der Waals surface area contributed by atoms with E-state index in [0.717, 1.165) is 10.9 Å². The van der Waals surface area contributed by atoms with Crippen LogP contribution in [0.1, 0.15) is 44.2 Å². The molecule has 1 aromatic rings. The van der Waals surface area contributed by atoms with E-state index >= 15 is 0 Å². The maximum absolute atomic E-state index is 5.94. The van der Waals surface area contributed by atoms with Crippen molar-refractivity contribution in [2.45, 2.75) is 43.7 Å². The zero-order chi connectivity index (χ0) is 11.4. The van der Waals surface area contributed by atoms with Crippen LogP contribution in [-0.2, 0) is 0 Å². The molecule has 16 heavy (non-hydrogen) atoms. The number of thioether (sulfide) groups is 1. The summed E-state index contributed by atoms with van der Waals surface area (Å²) in [4.78, 5) is 4.44. The Hall–Kier alpha value is -0.540. The van der Waals surface area contributed by atoms with Crippen LogP contribution in [0.5, 0.6) is 0 Å². The highest BCUT2D eigenvalue weighted by Gasteiger charge is 2.16. The van der Waals surface area contributed by atoms with Gasteiger partial charge in [-0.05, 0) is 31.7 Å². The summed E-state index contributed by atoms with van der Waals surface area (Å²) >= 11 is 1.88. The molecule has 0 spiro atoms. The number of hydrogen-bond donors (Lipinski definition) is 1. The van der Waals surface area contributed by atoms with Crippen LogP contribution in [0.2, 0.25) is 0 Å². The smallest absolute Gasteiger partial charge is 0.101 e. The predicted molar refractivity (Wildman–Crippen MR) is 69.5 cm³/mol. The van der Waals surface area contributed by atoms with Crippen molar-refractivity contribution in [3.63, 3.8) is 0 Å². The Bertz CT molecular complexity index is 332. The minimum atomic E-state index is 0.0831. The Balaban J connectivity index is 1.97. The second-order valence-electron chi connectivity index (χ2n) is 4.65. The van der Waals surface area contributed by atoms with Crippen molar-refractivity contribution >= 4 is 11.8 Å². The number of nitrogens with zero attached hydrogens (tertiary/aromatic N) is 1. The first-order valence-electron chi connectivity index (χ1n) is 6.10. The first-order valence-corrected chi connectivity index (χ1v) is 7.09. The van der Waals surface area contributed by atoms with Gasteiger partial charge in [0.25, 0.3) is 0 Å². The zero-order valence-corrected chi connectivity index (χ0v) is 10.7. The van der Waals surface area contributed by atoms with Crippen LogP contribution in [0, 0.1) is 5.92 Å². The fraction of sp³-hybridized carbons (Fsp3) is 0.615. The summed E-state index contributed by atoms with van der Waals surface area (Å²) in [6.45, 7) is 2.02. The van der Waals surface area contributed by atoms with Gasteiger partial charge in [-0.2, -0.15) is 0 Å². The summed E-state index contributed by atoms with van der Waals surface area (Å²) in [7, 11) is 0. The predicted octanol–water partition coefficient (Wildman–Crippen LogP) is 3.38. The fourth-order valence-corrected chi connectivity index (χ4v) is 3.53. The Morgan fingerprint density at radius 1 is 1.50 bits per heavy atom. The first kappa shape index (κ1) is 11.9. The molecule has 0 radical (unpaired) electrons. The number of hydrogen-bond acceptors (Lipinski definition) is 3. The highest BCUT2D eigenvalue weighted by atomic mass is 32.2. The van der Waals surface area contributed by atoms with Crippen LogP contribution < -0.4 is 5.73 Å². The van der Waals surface area contributed by atoms with Crippen LogP contribution in [0.15, 0.2) is 23.4 Å². The molecule has 2 nitrogen and oxygen atoms in total. The molecule has 0 aliphatic heterocycles. The molecule has 1 heterocycles. The average molecular weight is 236 g/mol. The van der Waals surface area contributed by atoms with Crippen molar-refractivity contribution in [3.05, 3.63) is 23.9 Å². The second-order valence-corrected chi connectivity index (χ2v) is 5.66. The second kappa shape index (κ2) is 5.69. The Labute approximate surface area is 102 Å². The van der Waals surface area contributed by atoms with E-state index in [1.165, 1.54) is 37.0 Å². The topological polar surface area (TPSA) is 38.9 Å². The summed E-state index contributed by atoms with van der Waals surface area (Å²) in [5.74, 6) is 2.10. The maximum atomic E-state index is 5.94. The first-order chi connectivity index (χ1) is 7.77. The van der Waals surface area contributed by atoms with E-state index in [9.17, 15) is 0 Å². The van der Waals surface area contributed by atoms with Crippen LogP contribution in [0.4, 0.5) is 0 Å². The van der Waals surface area contributed by atoms with Gasteiger partial charge in [-0.1, -0.05) is 18.9 Å². The van der Waals surface area contributed by atoms with Gasteiger partial charge in [-0.3, -0.25) is 0 Å². The lowest BCUT2D eigenvalue weighted by Gasteiger charge is -2.13. The Morgan fingerprint density at radius 3 is 2.94 bits per heavy atom. The summed E-state index contributed by atoms with van der Waals surface area (Å²) in [5.41, 5.74) is 7.13. The molecule has 0 unspecified atom stereocenters. The van der Waals surface area contributed by atoms with E-state index in [0.29, 0.717) is 0 Å². The minimum Gasteiger partial charge on any atom is -0.324 e. The highest BCUT2D eigenvalue weighted by molar-refractivity contribution is 7.99. The summed E-state index contributed by atoms with van der Waals surface area (Å²) in [5, 5.41) is 1.13. The third kappa shape index (κ3) is 2.98. The van der Waals surface area contributed by atoms with Crippen LogP contribution >= 0.6 is 11.8 Å². The third-order valence-corrected chi connectivity index (χ3v) is 4.47. The van der Waals surface area contributed by atoms with Gasteiger partial charge in [-0.25, -0.2) is 4.98 Å². The monoisotopic (exact) mass is 236 g/mol. The van der Waals surface area contributed by atoms with Crippen LogP contribution in [0.25, 0.3) is 0 Å². The number of pyridine rings is 1. The SMILES string of the molecule is C[C@H](N)c1cccnc1SCC1CCCC1. The molecule has 0 saturated heterocycles. The van der Waals surface area contributed by atoms with Gasteiger partial charge in [0.15, 0.2) is 0 Å². The number of nitrogens with two attached hydrogens (primary N) is 1. The van der Waals surface area contributed by atoms with E-state index in [-0.39, 0.29) is 6.04 Å². The Kier molecular flexibility index (Phi) is 4.24. The van der Waals surface area contributed by atoms with Crippen molar-refractivity contribution in [2.75, 3.05) is 5.75 Å². The van der Waals surface area contributed by atoms with Gasteiger partial charge in [0.05, 0.1) is 0 Å². The van der Waals surface area contributed by atoms with E-state index in [4.69, 9.17) is 5.73 Å². The molecule has 2 N–H and O–H groups in total. The third-order valence-electron chi connectivity index (χ3n) is 3.22. The minimum absolute atomic E-state index is 0.0831. The van der Waals surface area contributed by atoms with Crippen LogP contribution in [-0.4, -0.2) is 10.7 Å². The quantitative estimate of drug-likeness (QED) is 0.814. The lowest BCUT2D eigenvalue weighted by Crippen LogP contribution is -2.08. The summed E-state index contributed by atoms with van der Waals surface area (Å²) in [6, 6.07) is 4.15. The summed E-state index contributed by atoms with van der Waals surface area (Å²) in [6.07, 6.45) is 7.48. The van der Waals surface area contributed by atoms with Crippen molar-refractivity contribution in [3.8, 4) is 0 Å². The zero-order valence-electron chi connectivity index (χ0n) is 9.86. The molecule has 0 amide bonds. The molecular weight excluding hydrogens is 216 g/mol. The van der Waals surface area contributed by atoms with Gasteiger partial charge in [0.2, 0.25) is 0 Å². The molecule has 3 heteroatoms. The van der Waals surface area contributed by atoms with Gasteiger partial charge in [0.1, 0.15) is 5.03 Å². The van der Waals surface area contributed by atoms with Crippen molar-refractivity contribution < 1.29 is 0 Å². The molecule has 1 atom stereocenters. The normalized spacial score (nSPS) is 18.9. The lowest BCUT2D eigenvalue weighted by atomic mass is 10.1. The lowest BCUT2D eigenvalue weighted by molar-refractivity contribution is 0.622. The van der Waals surface area contributed by atoms with Gasteiger partial charge in [-0.15, -0.1) is 11.8 Å². The standard InChI is InChI=1S/C13H20N2S/c1-10(14)12-7-4-8-15-13(12)16-9-11-5-2-3-6-11/h4,7-8,10-11H,2-3,5-6,9,14H2,1H3/t10-/m0/s1. The van der Waals surface area contributed by atoms with E-state index in [1.807, 2.05) is 30.9 Å². The van der Waals surface area contributed by atoms with Crippen molar-refractivity contribution in [2.24, 2.45) is 11.7 Å². The van der Waals surface area contributed by atoms with Crippen LogP contribution in [0.3, 0.4) is 0 Å². The summed E-state index contributed by atoms with van der Waals surface area (Å²) < 4.78 is 0. The molecule has 0 bridgehead atoms. The molecular formula is C13H20N2S.